The molecule has 1 aromatic heterocycles. The van der Waals surface area contributed by atoms with Crippen molar-refractivity contribution in [1.82, 2.24) is 10.2 Å². The molecule has 0 saturated heterocycles. The van der Waals surface area contributed by atoms with E-state index in [1.165, 1.54) is 0 Å². The average molecular weight is 259 g/mol. The monoisotopic (exact) mass is 259 g/mol. The first-order valence-electron chi connectivity index (χ1n) is 6.16. The standard InChI is InChI=1S/C14H17N3O2/c1-10(2)19-9-14(18)16-12-5-3-11(4-6-12)13-7-8-15-17-13/h3-8,10H,9H2,1-2H3,(H,15,17)(H,16,18). The molecule has 100 valence electrons. The van der Waals surface area contributed by atoms with Crippen molar-refractivity contribution >= 4 is 11.6 Å². The van der Waals surface area contributed by atoms with Crippen molar-refractivity contribution < 1.29 is 9.53 Å². The van der Waals surface area contributed by atoms with Crippen LogP contribution in [0.5, 0.6) is 0 Å². The van der Waals surface area contributed by atoms with Crippen LogP contribution in [0.2, 0.25) is 0 Å². The zero-order chi connectivity index (χ0) is 13.7. The third-order valence-electron chi connectivity index (χ3n) is 2.53. The molecule has 1 aromatic carbocycles. The van der Waals surface area contributed by atoms with Gasteiger partial charge in [0.2, 0.25) is 5.91 Å². The lowest BCUT2D eigenvalue weighted by atomic mass is 10.1. The molecule has 2 N–H and O–H groups in total. The van der Waals surface area contributed by atoms with Crippen molar-refractivity contribution in [3.8, 4) is 11.3 Å². The Morgan fingerprint density at radius 1 is 1.32 bits per heavy atom. The molecule has 2 rings (SSSR count). The van der Waals surface area contributed by atoms with Crippen LogP contribution in [0.4, 0.5) is 5.69 Å². The molecular formula is C14H17N3O2. The lowest BCUT2D eigenvalue weighted by Gasteiger charge is -2.08. The highest BCUT2D eigenvalue weighted by molar-refractivity contribution is 5.91. The van der Waals surface area contributed by atoms with E-state index in [0.29, 0.717) is 0 Å². The first-order chi connectivity index (χ1) is 9.15. The second-order valence-electron chi connectivity index (χ2n) is 4.46. The summed E-state index contributed by atoms with van der Waals surface area (Å²) in [5.41, 5.74) is 2.72. The second kappa shape index (κ2) is 6.15. The highest BCUT2D eigenvalue weighted by atomic mass is 16.5. The predicted molar refractivity (Wildman–Crippen MR) is 73.7 cm³/mol. The van der Waals surface area contributed by atoms with E-state index < -0.39 is 0 Å². The molecule has 0 radical (unpaired) electrons. The molecule has 5 heteroatoms. The number of ether oxygens (including phenoxy) is 1. The molecule has 0 spiro atoms. The summed E-state index contributed by atoms with van der Waals surface area (Å²) in [5, 5.41) is 9.57. The van der Waals surface area contributed by atoms with Gasteiger partial charge in [0.1, 0.15) is 6.61 Å². The summed E-state index contributed by atoms with van der Waals surface area (Å²) < 4.78 is 5.23. The largest absolute Gasteiger partial charge is 0.369 e. The summed E-state index contributed by atoms with van der Waals surface area (Å²) in [4.78, 5) is 11.6. The SMILES string of the molecule is CC(C)OCC(=O)Nc1ccc(-c2ccn[nH]2)cc1. The van der Waals surface area contributed by atoms with Crippen LogP contribution in [0.3, 0.4) is 0 Å². The van der Waals surface area contributed by atoms with Crippen LogP contribution >= 0.6 is 0 Å². The van der Waals surface area contributed by atoms with Gasteiger partial charge in [-0.15, -0.1) is 0 Å². The normalized spacial score (nSPS) is 10.7. The summed E-state index contributed by atoms with van der Waals surface area (Å²) in [6.45, 7) is 3.86. The molecule has 5 nitrogen and oxygen atoms in total. The number of nitrogens with zero attached hydrogens (tertiary/aromatic N) is 1. The fourth-order valence-electron chi connectivity index (χ4n) is 1.59. The number of amides is 1. The van der Waals surface area contributed by atoms with Crippen LogP contribution in [-0.2, 0) is 9.53 Å². The van der Waals surface area contributed by atoms with E-state index in [-0.39, 0.29) is 18.6 Å². The Morgan fingerprint density at radius 3 is 2.63 bits per heavy atom. The molecule has 0 aliphatic carbocycles. The van der Waals surface area contributed by atoms with Crippen molar-refractivity contribution in [2.45, 2.75) is 20.0 Å². The van der Waals surface area contributed by atoms with Crippen LogP contribution in [-0.4, -0.2) is 28.8 Å². The van der Waals surface area contributed by atoms with E-state index in [0.717, 1.165) is 16.9 Å². The van der Waals surface area contributed by atoms with E-state index in [9.17, 15) is 4.79 Å². The minimum Gasteiger partial charge on any atom is -0.369 e. The maximum Gasteiger partial charge on any atom is 0.250 e. The number of anilines is 1. The molecule has 0 saturated carbocycles. The molecule has 2 aromatic rings. The van der Waals surface area contributed by atoms with Crippen LogP contribution in [0, 0.1) is 0 Å². The molecule has 0 bridgehead atoms. The number of hydrogen-bond acceptors (Lipinski definition) is 3. The van der Waals surface area contributed by atoms with E-state index in [4.69, 9.17) is 4.74 Å². The molecular weight excluding hydrogens is 242 g/mol. The Hall–Kier alpha value is -2.14. The van der Waals surface area contributed by atoms with Crippen LogP contribution in [0.25, 0.3) is 11.3 Å². The van der Waals surface area contributed by atoms with Crippen molar-refractivity contribution in [1.29, 1.82) is 0 Å². The van der Waals surface area contributed by atoms with Crippen molar-refractivity contribution in [3.05, 3.63) is 36.5 Å². The Kier molecular flexibility index (Phi) is 4.30. The summed E-state index contributed by atoms with van der Waals surface area (Å²) in [6, 6.07) is 9.44. The summed E-state index contributed by atoms with van der Waals surface area (Å²) in [7, 11) is 0. The quantitative estimate of drug-likeness (QED) is 0.866. The molecule has 0 aliphatic heterocycles. The minimum atomic E-state index is -0.150. The third-order valence-corrected chi connectivity index (χ3v) is 2.53. The molecule has 0 fully saturated rings. The number of aromatic amines is 1. The predicted octanol–water partition coefficient (Wildman–Crippen LogP) is 2.44. The highest BCUT2D eigenvalue weighted by Crippen LogP contribution is 2.18. The van der Waals surface area contributed by atoms with Gasteiger partial charge in [-0.3, -0.25) is 9.89 Å². The van der Waals surface area contributed by atoms with Crippen LogP contribution in [0.15, 0.2) is 36.5 Å². The average Bonchev–Trinajstić information content (AvgIpc) is 2.91. The summed E-state index contributed by atoms with van der Waals surface area (Å²) in [6.07, 6.45) is 1.75. The zero-order valence-corrected chi connectivity index (χ0v) is 11.0. The molecule has 0 unspecified atom stereocenters. The van der Waals surface area contributed by atoms with Crippen LogP contribution < -0.4 is 5.32 Å². The number of hydrogen-bond donors (Lipinski definition) is 2. The van der Waals surface area contributed by atoms with Gasteiger partial charge in [0.25, 0.3) is 0 Å². The molecule has 1 amide bonds. The zero-order valence-electron chi connectivity index (χ0n) is 11.0. The van der Waals surface area contributed by atoms with Gasteiger partial charge in [0, 0.05) is 11.9 Å². The van der Waals surface area contributed by atoms with Gasteiger partial charge in [-0.1, -0.05) is 12.1 Å². The smallest absolute Gasteiger partial charge is 0.250 e. The third kappa shape index (κ3) is 3.93. The minimum absolute atomic E-state index is 0.0495. The number of nitrogens with one attached hydrogen (secondary N) is 2. The van der Waals surface area contributed by atoms with E-state index in [2.05, 4.69) is 15.5 Å². The maximum absolute atomic E-state index is 11.6. The number of benzene rings is 1. The Balaban J connectivity index is 1.94. The van der Waals surface area contributed by atoms with Gasteiger partial charge in [0.05, 0.1) is 11.8 Å². The van der Waals surface area contributed by atoms with Crippen LogP contribution in [0.1, 0.15) is 13.8 Å². The topological polar surface area (TPSA) is 67.0 Å². The molecule has 1 heterocycles. The lowest BCUT2D eigenvalue weighted by Crippen LogP contribution is -2.20. The van der Waals surface area contributed by atoms with Gasteiger partial charge in [-0.05, 0) is 37.6 Å². The van der Waals surface area contributed by atoms with Gasteiger partial charge in [-0.25, -0.2) is 0 Å². The number of H-pyrrole nitrogens is 1. The van der Waals surface area contributed by atoms with Crippen molar-refractivity contribution in [2.24, 2.45) is 0 Å². The molecule has 0 atom stereocenters. The van der Waals surface area contributed by atoms with Crippen molar-refractivity contribution in [3.63, 3.8) is 0 Å². The van der Waals surface area contributed by atoms with Gasteiger partial charge in [-0.2, -0.15) is 5.10 Å². The fourth-order valence-corrected chi connectivity index (χ4v) is 1.59. The van der Waals surface area contributed by atoms with Gasteiger partial charge >= 0.3 is 0 Å². The summed E-state index contributed by atoms with van der Waals surface area (Å²) >= 11 is 0. The van der Waals surface area contributed by atoms with E-state index in [1.807, 2.05) is 44.2 Å². The van der Waals surface area contributed by atoms with Gasteiger partial charge in [0.15, 0.2) is 0 Å². The molecule has 19 heavy (non-hydrogen) atoms. The Morgan fingerprint density at radius 2 is 2.05 bits per heavy atom. The van der Waals surface area contributed by atoms with Crippen molar-refractivity contribution in [2.75, 3.05) is 11.9 Å². The fraction of sp³-hybridized carbons (Fsp3) is 0.286. The first kappa shape index (κ1) is 13.3. The Bertz CT molecular complexity index is 518. The number of carbonyl (C=O) groups excluding carboxylic acids is 1. The number of rotatable bonds is 5. The van der Waals surface area contributed by atoms with E-state index in [1.54, 1.807) is 6.20 Å². The second-order valence-corrected chi connectivity index (χ2v) is 4.46. The summed E-state index contributed by atoms with van der Waals surface area (Å²) in [5.74, 6) is -0.150. The Labute approximate surface area is 112 Å². The van der Waals surface area contributed by atoms with Gasteiger partial charge < -0.3 is 10.1 Å². The first-order valence-corrected chi connectivity index (χ1v) is 6.16. The maximum atomic E-state index is 11.6. The number of aromatic nitrogens is 2. The number of carbonyl (C=O) groups is 1. The van der Waals surface area contributed by atoms with E-state index >= 15 is 0 Å². The highest BCUT2D eigenvalue weighted by Gasteiger charge is 2.04. The lowest BCUT2D eigenvalue weighted by molar-refractivity contribution is -0.121. The molecule has 0 aliphatic rings.